The molecular formula is C20H22N2O3. The third kappa shape index (κ3) is 1.90. The number of aromatic hydroxyl groups is 1. The molecule has 5 nitrogen and oxygen atoms in total. The van der Waals surface area contributed by atoms with Crippen molar-refractivity contribution in [1.29, 1.82) is 0 Å². The molecule has 5 heterocycles. The molecular weight excluding hydrogens is 316 g/mol. The largest absolute Gasteiger partial charge is 0.508 e. The summed E-state index contributed by atoms with van der Waals surface area (Å²) in [4.78, 5) is 18.6. The molecule has 3 fully saturated rings. The van der Waals surface area contributed by atoms with Crippen molar-refractivity contribution in [2.45, 2.75) is 31.8 Å². The topological polar surface area (TPSA) is 65.6 Å². The van der Waals surface area contributed by atoms with Crippen LogP contribution < -0.4 is 0 Å². The lowest BCUT2D eigenvalue weighted by atomic mass is 9.64. The van der Waals surface area contributed by atoms with E-state index in [1.807, 2.05) is 12.1 Å². The molecule has 0 saturated carbocycles. The van der Waals surface area contributed by atoms with Gasteiger partial charge in [0, 0.05) is 29.2 Å². The summed E-state index contributed by atoms with van der Waals surface area (Å²) in [6, 6.07) is 5.99. The molecule has 1 aromatic heterocycles. The Kier molecular flexibility index (Phi) is 3.07. The fourth-order valence-corrected chi connectivity index (χ4v) is 5.43. The van der Waals surface area contributed by atoms with Crippen LogP contribution in [-0.2, 0) is 16.0 Å². The maximum atomic E-state index is 12.6. The number of carbonyl (C=O) groups is 1. The molecule has 25 heavy (non-hydrogen) atoms. The molecule has 0 spiro atoms. The van der Waals surface area contributed by atoms with Crippen LogP contribution in [0.5, 0.6) is 5.75 Å². The van der Waals surface area contributed by atoms with Gasteiger partial charge in [-0.25, -0.2) is 0 Å². The van der Waals surface area contributed by atoms with E-state index in [1.165, 1.54) is 23.9 Å². The summed E-state index contributed by atoms with van der Waals surface area (Å²) < 4.78 is 5.16. The smallest absolute Gasteiger partial charge is 0.310 e. The van der Waals surface area contributed by atoms with Crippen LogP contribution in [0, 0.1) is 11.8 Å². The van der Waals surface area contributed by atoms with Crippen molar-refractivity contribution in [2.24, 2.45) is 11.8 Å². The van der Waals surface area contributed by atoms with E-state index < -0.39 is 0 Å². The van der Waals surface area contributed by atoms with Gasteiger partial charge in [0.2, 0.25) is 0 Å². The number of piperidine rings is 3. The number of aromatic amines is 1. The molecule has 5 heteroatoms. The first-order valence-corrected chi connectivity index (χ1v) is 8.94. The summed E-state index contributed by atoms with van der Waals surface area (Å²) in [6.07, 6.45) is 3.94. The zero-order valence-corrected chi connectivity index (χ0v) is 14.5. The number of nitrogens with one attached hydrogen (secondary N) is 1. The van der Waals surface area contributed by atoms with E-state index in [4.69, 9.17) is 4.74 Å². The minimum absolute atomic E-state index is 0.0939. The van der Waals surface area contributed by atoms with Crippen LogP contribution in [0.4, 0.5) is 0 Å². The Hall–Kier alpha value is -2.27. The quantitative estimate of drug-likeness (QED) is 0.620. The summed E-state index contributed by atoms with van der Waals surface area (Å²) in [5, 5.41) is 11.0. The number of H-pyrrole nitrogens is 1. The predicted octanol–water partition coefficient (Wildman–Crippen LogP) is 2.91. The number of methoxy groups -OCH3 is 1. The van der Waals surface area contributed by atoms with Crippen LogP contribution in [0.25, 0.3) is 10.9 Å². The Labute approximate surface area is 146 Å². The molecule has 2 N–H and O–H groups in total. The predicted molar refractivity (Wildman–Crippen MR) is 94.3 cm³/mol. The number of aromatic nitrogens is 1. The van der Waals surface area contributed by atoms with E-state index in [0.29, 0.717) is 6.04 Å². The van der Waals surface area contributed by atoms with Gasteiger partial charge in [-0.2, -0.15) is 0 Å². The van der Waals surface area contributed by atoms with Crippen LogP contribution in [0.3, 0.4) is 0 Å². The molecule has 3 saturated heterocycles. The second-order valence-electron chi connectivity index (χ2n) is 7.46. The van der Waals surface area contributed by atoms with E-state index in [0.717, 1.165) is 30.3 Å². The maximum Gasteiger partial charge on any atom is 0.310 e. The molecule has 2 aromatic rings. The molecule has 5 atom stereocenters. The lowest BCUT2D eigenvalue weighted by Crippen LogP contribution is -2.62. The highest BCUT2D eigenvalue weighted by Gasteiger charge is 2.55. The number of nitrogens with zero attached hydrogens (tertiary/aromatic N) is 1. The summed E-state index contributed by atoms with van der Waals surface area (Å²) in [5.41, 5.74) is 4.95. The van der Waals surface area contributed by atoms with E-state index in [9.17, 15) is 9.90 Å². The highest BCUT2D eigenvalue weighted by molar-refractivity contribution is 5.87. The minimum atomic E-state index is -0.100. The molecule has 1 aromatic carbocycles. The van der Waals surface area contributed by atoms with Crippen LogP contribution in [0.2, 0.25) is 0 Å². The molecule has 130 valence electrons. The lowest BCUT2D eigenvalue weighted by molar-refractivity contribution is -0.157. The zero-order chi connectivity index (χ0) is 17.3. The van der Waals surface area contributed by atoms with Crippen molar-refractivity contribution < 1.29 is 14.6 Å². The van der Waals surface area contributed by atoms with Gasteiger partial charge in [-0.1, -0.05) is 11.6 Å². The van der Waals surface area contributed by atoms with Crippen molar-refractivity contribution in [3.05, 3.63) is 41.1 Å². The van der Waals surface area contributed by atoms with Gasteiger partial charge in [0.1, 0.15) is 5.75 Å². The van der Waals surface area contributed by atoms with Crippen molar-refractivity contribution in [2.75, 3.05) is 13.7 Å². The van der Waals surface area contributed by atoms with Gasteiger partial charge in [-0.15, -0.1) is 0 Å². The summed E-state index contributed by atoms with van der Waals surface area (Å²) >= 11 is 0. The van der Waals surface area contributed by atoms with E-state index in [-0.39, 0.29) is 29.6 Å². The summed E-state index contributed by atoms with van der Waals surface area (Å²) in [5.74, 6) is 0.359. The number of allylic oxidation sites excluding steroid dienone is 1. The molecule has 6 rings (SSSR count). The van der Waals surface area contributed by atoms with Crippen molar-refractivity contribution in [1.82, 2.24) is 9.88 Å². The average Bonchev–Trinajstić information content (AvgIpc) is 2.98. The van der Waals surface area contributed by atoms with Crippen LogP contribution in [0.15, 0.2) is 29.8 Å². The SMILES string of the molecule is C/C=C1/CN2[C@H]3C[C@@H]1[C@H](C(=O)OC)[C@@H]2Cc1c3[nH]c2ccc(O)cc12. The summed E-state index contributed by atoms with van der Waals surface area (Å²) in [6.45, 7) is 3.00. The highest BCUT2D eigenvalue weighted by Crippen LogP contribution is 2.54. The number of rotatable bonds is 1. The number of phenolic OH excluding ortho intramolecular Hbond substituents is 1. The van der Waals surface area contributed by atoms with E-state index in [1.54, 1.807) is 6.07 Å². The molecule has 4 aliphatic heterocycles. The van der Waals surface area contributed by atoms with Crippen LogP contribution >= 0.6 is 0 Å². The minimum Gasteiger partial charge on any atom is -0.508 e. The fourth-order valence-electron chi connectivity index (χ4n) is 5.43. The van der Waals surface area contributed by atoms with Crippen molar-refractivity contribution >= 4 is 16.9 Å². The van der Waals surface area contributed by atoms with Crippen LogP contribution in [-0.4, -0.2) is 40.7 Å². The Balaban J connectivity index is 1.68. The Morgan fingerprint density at radius 3 is 3.04 bits per heavy atom. The Morgan fingerprint density at radius 2 is 2.28 bits per heavy atom. The third-order valence-electron chi connectivity index (χ3n) is 6.51. The normalized spacial score (nSPS) is 34.3. The monoisotopic (exact) mass is 338 g/mol. The number of hydrogen-bond donors (Lipinski definition) is 2. The van der Waals surface area contributed by atoms with Crippen LogP contribution in [0.1, 0.15) is 30.6 Å². The molecule has 0 aliphatic carbocycles. The fraction of sp³-hybridized carbons (Fsp3) is 0.450. The average molecular weight is 338 g/mol. The third-order valence-corrected chi connectivity index (χ3v) is 6.51. The maximum absolute atomic E-state index is 12.6. The van der Waals surface area contributed by atoms with Gasteiger partial charge in [-0.3, -0.25) is 9.69 Å². The first kappa shape index (κ1) is 15.0. The Morgan fingerprint density at radius 1 is 1.44 bits per heavy atom. The number of hydrogen-bond acceptors (Lipinski definition) is 4. The first-order valence-electron chi connectivity index (χ1n) is 8.94. The first-order chi connectivity index (χ1) is 12.1. The number of phenols is 1. The highest BCUT2D eigenvalue weighted by atomic mass is 16.5. The van der Waals surface area contributed by atoms with Gasteiger partial charge >= 0.3 is 5.97 Å². The van der Waals surface area contributed by atoms with Crippen molar-refractivity contribution in [3.8, 4) is 5.75 Å². The number of ether oxygens (including phenoxy) is 1. The molecule has 4 aliphatic rings. The van der Waals surface area contributed by atoms with Gasteiger partial charge < -0.3 is 14.8 Å². The van der Waals surface area contributed by atoms with E-state index >= 15 is 0 Å². The van der Waals surface area contributed by atoms with E-state index in [2.05, 4.69) is 22.9 Å². The van der Waals surface area contributed by atoms with Gasteiger partial charge in [-0.05, 0) is 49.4 Å². The summed E-state index contributed by atoms with van der Waals surface area (Å²) in [7, 11) is 1.49. The van der Waals surface area contributed by atoms with Crippen molar-refractivity contribution in [3.63, 3.8) is 0 Å². The second-order valence-corrected chi connectivity index (χ2v) is 7.46. The zero-order valence-electron chi connectivity index (χ0n) is 14.5. The number of fused-ring (bicyclic) bond motifs is 4. The lowest BCUT2D eigenvalue weighted by Gasteiger charge is -2.57. The Bertz CT molecular complexity index is 913. The number of benzene rings is 1. The molecule has 4 bridgehead atoms. The molecule has 0 radical (unpaired) electrons. The molecule has 1 unspecified atom stereocenters. The second kappa shape index (κ2) is 5.11. The number of carbonyl (C=O) groups excluding carboxylic acids is 1. The van der Waals surface area contributed by atoms with Gasteiger partial charge in [0.25, 0.3) is 0 Å². The van der Waals surface area contributed by atoms with Gasteiger partial charge in [0.15, 0.2) is 0 Å². The number of esters is 1. The standard InChI is InChI=1S/C20H22N2O3/c1-3-10-9-22-16-8-14-13-6-11(23)4-5-15(13)21-19(14)17(22)7-12(10)18(16)20(24)25-2/h3-6,12,16-18,21,23H,7-9H2,1-2H3/b10-3-/t12-,16-,17-,18-/m0/s1. The van der Waals surface area contributed by atoms with Gasteiger partial charge in [0.05, 0.1) is 19.1 Å². The molecule has 0 amide bonds.